The van der Waals surface area contributed by atoms with Crippen molar-refractivity contribution in [2.45, 2.75) is 32.5 Å². The summed E-state index contributed by atoms with van der Waals surface area (Å²) in [6, 6.07) is 5.27. The van der Waals surface area contributed by atoms with Crippen molar-refractivity contribution in [3.8, 4) is 5.75 Å². The van der Waals surface area contributed by atoms with Crippen molar-refractivity contribution in [3.63, 3.8) is 0 Å². The second-order valence-electron chi connectivity index (χ2n) is 4.49. The normalized spacial score (nSPS) is 11.6. The smallest absolute Gasteiger partial charge is 0.137 e. The number of hydrogen-bond donors (Lipinski definition) is 1. The molecule has 0 aliphatic carbocycles. The minimum absolute atomic E-state index is 0.0172. The van der Waals surface area contributed by atoms with Crippen molar-refractivity contribution in [2.75, 3.05) is 13.7 Å². The summed E-state index contributed by atoms with van der Waals surface area (Å²) in [4.78, 5) is 0. The number of hydrogen-bond acceptors (Lipinski definition) is 3. The van der Waals surface area contributed by atoms with Gasteiger partial charge in [-0.15, -0.1) is 0 Å². The fourth-order valence-corrected chi connectivity index (χ4v) is 1.53. The number of methoxy groups -OCH3 is 1. The highest BCUT2D eigenvalue weighted by atomic mass is 35.5. The van der Waals surface area contributed by atoms with E-state index < -0.39 is 0 Å². The van der Waals surface area contributed by atoms with Crippen LogP contribution >= 0.6 is 11.6 Å². The summed E-state index contributed by atoms with van der Waals surface area (Å²) < 4.78 is 10.9. The summed E-state index contributed by atoms with van der Waals surface area (Å²) in [5, 5.41) is 9.47. The van der Waals surface area contributed by atoms with Crippen LogP contribution < -0.4 is 4.74 Å². The van der Waals surface area contributed by atoms with Gasteiger partial charge in [0.25, 0.3) is 0 Å². The summed E-state index contributed by atoms with van der Waals surface area (Å²) >= 11 is 6.02. The summed E-state index contributed by atoms with van der Waals surface area (Å²) in [6.07, 6.45) is 0.779. The molecule has 17 heavy (non-hydrogen) atoms. The number of rotatable bonds is 6. The zero-order valence-corrected chi connectivity index (χ0v) is 11.3. The average Bonchev–Trinajstić information content (AvgIpc) is 2.31. The maximum atomic E-state index is 8.95. The first-order valence-corrected chi connectivity index (χ1v) is 5.93. The van der Waals surface area contributed by atoms with Gasteiger partial charge in [0.2, 0.25) is 0 Å². The van der Waals surface area contributed by atoms with E-state index in [2.05, 4.69) is 0 Å². The molecule has 0 amide bonds. The molecule has 0 aliphatic heterocycles. The van der Waals surface area contributed by atoms with Gasteiger partial charge in [0.1, 0.15) is 5.75 Å². The number of aliphatic hydroxyl groups is 1. The first kappa shape index (κ1) is 14.3. The lowest BCUT2D eigenvalue weighted by Gasteiger charge is -2.22. The van der Waals surface area contributed by atoms with E-state index in [0.717, 1.165) is 12.0 Å². The Bertz CT molecular complexity index is 364. The van der Waals surface area contributed by atoms with E-state index in [1.807, 2.05) is 13.8 Å². The van der Waals surface area contributed by atoms with Crippen LogP contribution in [0.15, 0.2) is 18.2 Å². The number of ether oxygens (including phenoxy) is 2. The molecule has 0 aromatic heterocycles. The predicted molar refractivity (Wildman–Crippen MR) is 68.6 cm³/mol. The third kappa shape index (κ3) is 4.54. The van der Waals surface area contributed by atoms with Crippen molar-refractivity contribution in [3.05, 3.63) is 28.8 Å². The highest BCUT2D eigenvalue weighted by Crippen LogP contribution is 2.26. The molecular weight excluding hydrogens is 240 g/mol. The van der Waals surface area contributed by atoms with Crippen molar-refractivity contribution >= 4 is 11.6 Å². The molecule has 1 aromatic rings. The zero-order valence-electron chi connectivity index (χ0n) is 10.5. The fraction of sp³-hybridized carbons (Fsp3) is 0.538. The minimum Gasteiger partial charge on any atom is -0.492 e. The molecule has 0 aliphatic rings. The van der Waals surface area contributed by atoms with E-state index in [1.165, 1.54) is 0 Å². The zero-order chi connectivity index (χ0) is 12.9. The highest BCUT2D eigenvalue weighted by Gasteiger charge is 2.16. The maximum Gasteiger partial charge on any atom is 0.137 e. The Balaban J connectivity index is 2.52. The van der Waals surface area contributed by atoms with Crippen LogP contribution in [0.2, 0.25) is 5.02 Å². The second-order valence-corrected chi connectivity index (χ2v) is 4.89. The molecule has 0 fully saturated rings. The molecule has 3 nitrogen and oxygen atoms in total. The number of aliphatic hydroxyl groups excluding tert-OH is 1. The molecule has 0 saturated carbocycles. The van der Waals surface area contributed by atoms with Crippen LogP contribution in [0, 0.1) is 0 Å². The summed E-state index contributed by atoms with van der Waals surface area (Å²) in [7, 11) is 1.68. The summed E-state index contributed by atoms with van der Waals surface area (Å²) in [6.45, 7) is 4.54. The van der Waals surface area contributed by atoms with Crippen molar-refractivity contribution < 1.29 is 14.6 Å². The van der Waals surface area contributed by atoms with Gasteiger partial charge >= 0.3 is 0 Å². The monoisotopic (exact) mass is 258 g/mol. The second kappa shape index (κ2) is 6.24. The quantitative estimate of drug-likeness (QED) is 0.852. The van der Waals surface area contributed by atoms with Crippen molar-refractivity contribution in [1.29, 1.82) is 0 Å². The van der Waals surface area contributed by atoms with E-state index in [0.29, 0.717) is 17.4 Å². The standard InChI is InChI=1S/C13H19ClO3/c1-13(2,16-3)6-7-17-12-5-4-10(9-15)8-11(12)14/h4-5,8,15H,6-7,9H2,1-3H3. The highest BCUT2D eigenvalue weighted by molar-refractivity contribution is 6.32. The molecule has 1 N–H and O–H groups in total. The molecule has 0 radical (unpaired) electrons. The lowest BCUT2D eigenvalue weighted by Crippen LogP contribution is -2.25. The van der Waals surface area contributed by atoms with Crippen LogP contribution in [-0.4, -0.2) is 24.4 Å². The lowest BCUT2D eigenvalue weighted by atomic mass is 10.1. The average molecular weight is 259 g/mol. The molecule has 0 atom stereocenters. The molecule has 0 unspecified atom stereocenters. The molecule has 4 heteroatoms. The van der Waals surface area contributed by atoms with Gasteiger partial charge in [-0.1, -0.05) is 17.7 Å². The van der Waals surface area contributed by atoms with Gasteiger partial charge in [-0.2, -0.15) is 0 Å². The molecule has 1 aromatic carbocycles. The minimum atomic E-state index is -0.197. The van der Waals surface area contributed by atoms with Gasteiger partial charge < -0.3 is 14.6 Å². The topological polar surface area (TPSA) is 38.7 Å². The van der Waals surface area contributed by atoms with Crippen LogP contribution in [0.4, 0.5) is 0 Å². The van der Waals surface area contributed by atoms with Gasteiger partial charge in [0.15, 0.2) is 0 Å². The Kier molecular flexibility index (Phi) is 5.25. The number of halogens is 1. The van der Waals surface area contributed by atoms with E-state index >= 15 is 0 Å². The molecule has 0 spiro atoms. The molecule has 0 heterocycles. The predicted octanol–water partition coefficient (Wildman–Crippen LogP) is 3.03. The van der Waals surface area contributed by atoms with Crippen molar-refractivity contribution in [1.82, 2.24) is 0 Å². The van der Waals surface area contributed by atoms with Gasteiger partial charge in [-0.25, -0.2) is 0 Å². The van der Waals surface area contributed by atoms with Crippen LogP contribution in [0.5, 0.6) is 5.75 Å². The first-order chi connectivity index (χ1) is 7.98. The third-order valence-electron chi connectivity index (χ3n) is 2.69. The van der Waals surface area contributed by atoms with E-state index in [4.69, 9.17) is 26.2 Å². The Morgan fingerprint density at radius 2 is 2.06 bits per heavy atom. The van der Waals surface area contributed by atoms with Crippen LogP contribution in [-0.2, 0) is 11.3 Å². The van der Waals surface area contributed by atoms with E-state index in [-0.39, 0.29) is 12.2 Å². The van der Waals surface area contributed by atoms with E-state index in [1.54, 1.807) is 25.3 Å². The molecular formula is C13H19ClO3. The van der Waals surface area contributed by atoms with Crippen LogP contribution in [0.25, 0.3) is 0 Å². The van der Waals surface area contributed by atoms with E-state index in [9.17, 15) is 0 Å². The lowest BCUT2D eigenvalue weighted by molar-refractivity contribution is 0.00546. The fourth-order valence-electron chi connectivity index (χ4n) is 1.27. The van der Waals surface area contributed by atoms with Gasteiger partial charge in [0, 0.05) is 13.5 Å². The molecule has 0 bridgehead atoms. The Morgan fingerprint density at radius 1 is 1.35 bits per heavy atom. The van der Waals surface area contributed by atoms with Gasteiger partial charge in [0.05, 0.1) is 23.8 Å². The molecule has 0 saturated heterocycles. The Morgan fingerprint density at radius 3 is 2.59 bits per heavy atom. The first-order valence-electron chi connectivity index (χ1n) is 5.56. The number of benzene rings is 1. The van der Waals surface area contributed by atoms with Crippen LogP contribution in [0.3, 0.4) is 0 Å². The molecule has 1 rings (SSSR count). The van der Waals surface area contributed by atoms with Gasteiger partial charge in [-0.05, 0) is 31.5 Å². The summed E-state index contributed by atoms with van der Waals surface area (Å²) in [5.74, 6) is 0.635. The Hall–Kier alpha value is -0.770. The SMILES string of the molecule is COC(C)(C)CCOc1ccc(CO)cc1Cl. The maximum absolute atomic E-state index is 8.95. The largest absolute Gasteiger partial charge is 0.492 e. The van der Waals surface area contributed by atoms with Crippen molar-refractivity contribution in [2.24, 2.45) is 0 Å². The third-order valence-corrected chi connectivity index (χ3v) is 2.99. The Labute approximate surface area is 107 Å². The molecule has 96 valence electrons. The summed E-state index contributed by atoms with van der Waals surface area (Å²) in [5.41, 5.74) is 0.580. The van der Waals surface area contributed by atoms with Gasteiger partial charge in [-0.3, -0.25) is 0 Å². The van der Waals surface area contributed by atoms with Crippen LogP contribution in [0.1, 0.15) is 25.8 Å².